The first-order chi connectivity index (χ1) is 30.8. The van der Waals surface area contributed by atoms with Gasteiger partial charge in [-0.3, -0.25) is 0 Å². The van der Waals surface area contributed by atoms with Crippen LogP contribution in [0, 0.1) is 0 Å². The van der Waals surface area contributed by atoms with E-state index in [1.54, 1.807) is 0 Å². The Hall–Kier alpha value is -8.00. The van der Waals surface area contributed by atoms with Gasteiger partial charge in [0.05, 0.1) is 11.1 Å². The van der Waals surface area contributed by atoms with Crippen LogP contribution in [0.4, 0.5) is 17.1 Å². The summed E-state index contributed by atoms with van der Waals surface area (Å²) in [4.78, 5) is 2.52. The smallest absolute Gasteiger partial charge is 0.0726 e. The number of hydrogen-bond donors (Lipinski definition) is 0. The zero-order chi connectivity index (χ0) is 40.5. The van der Waals surface area contributed by atoms with Gasteiger partial charge in [0, 0.05) is 16.8 Å². The molecule has 0 saturated heterocycles. The molecule has 0 heterocycles. The van der Waals surface area contributed by atoms with Crippen LogP contribution in [0.1, 0.15) is 22.3 Å². The van der Waals surface area contributed by atoms with Crippen molar-refractivity contribution in [3.8, 4) is 55.6 Å². The molecule has 1 spiro atoms. The summed E-state index contributed by atoms with van der Waals surface area (Å²) in [5, 5.41) is 7.64. The van der Waals surface area contributed by atoms with Gasteiger partial charge in [-0.05, 0) is 141 Å². The Balaban J connectivity index is 1.02. The Morgan fingerprint density at radius 1 is 0.274 bits per heavy atom. The Bertz CT molecular complexity index is 3630. The molecule has 0 fully saturated rings. The SMILES string of the molecule is c1cc(-c2ccc3c(ccc4ccccc43)c2)cc(N(c2ccc3c(c2)C2(c4ccccc4-c4ccccc42)c2ccccc2-3)c2ccc3c4c(cccc24)-c2ccccc2-3)c1. The van der Waals surface area contributed by atoms with Crippen LogP contribution in [-0.2, 0) is 5.41 Å². The molecule has 1 nitrogen and oxygen atoms in total. The molecule has 3 aliphatic rings. The van der Waals surface area contributed by atoms with E-state index in [9.17, 15) is 0 Å². The van der Waals surface area contributed by atoms with Crippen LogP contribution in [0.25, 0.3) is 88.0 Å². The fourth-order valence-corrected chi connectivity index (χ4v) is 11.7. The molecular formula is C61H37N. The van der Waals surface area contributed by atoms with Gasteiger partial charge in [0.15, 0.2) is 0 Å². The van der Waals surface area contributed by atoms with Crippen molar-refractivity contribution in [2.24, 2.45) is 0 Å². The standard InChI is InChI=1S/C61H37N/c1-2-16-44-38(13-1)27-28-41-35-40(29-31-45(41)44)39-14-11-15-42(36-39)62(59-34-33-53-47-18-4-3-17-46(47)52-22-12-23-54(59)60(52)53)43-30-32-51-50-21-7-10-26-57(50)61(58(51)37-43)55-24-8-5-19-48(55)49-20-6-9-25-56(49)61/h1-37H. The molecule has 286 valence electrons. The van der Waals surface area contributed by atoms with E-state index in [1.807, 2.05) is 0 Å². The zero-order valence-corrected chi connectivity index (χ0v) is 33.8. The van der Waals surface area contributed by atoms with E-state index in [-0.39, 0.29) is 0 Å². The van der Waals surface area contributed by atoms with Gasteiger partial charge in [-0.1, -0.05) is 188 Å². The van der Waals surface area contributed by atoms with Gasteiger partial charge < -0.3 is 4.90 Å². The third-order valence-electron chi connectivity index (χ3n) is 14.2. The predicted octanol–water partition coefficient (Wildman–Crippen LogP) is 16.3. The summed E-state index contributed by atoms with van der Waals surface area (Å²) in [6, 6.07) is 84.2. The van der Waals surface area contributed by atoms with E-state index in [4.69, 9.17) is 0 Å². The highest BCUT2D eigenvalue weighted by Crippen LogP contribution is 2.63. The van der Waals surface area contributed by atoms with Crippen LogP contribution in [0.15, 0.2) is 224 Å². The molecule has 0 aromatic heterocycles. The molecule has 0 radical (unpaired) electrons. The first-order valence-corrected chi connectivity index (χ1v) is 21.7. The number of benzene rings is 11. The molecule has 0 unspecified atom stereocenters. The molecule has 0 aliphatic heterocycles. The van der Waals surface area contributed by atoms with Crippen LogP contribution in [0.2, 0.25) is 0 Å². The molecule has 0 amide bonds. The molecular weight excluding hydrogens is 747 g/mol. The fraction of sp³-hybridized carbons (Fsp3) is 0.0164. The van der Waals surface area contributed by atoms with Crippen molar-refractivity contribution in [3.63, 3.8) is 0 Å². The molecule has 1 heteroatoms. The van der Waals surface area contributed by atoms with E-state index < -0.39 is 5.41 Å². The molecule has 14 rings (SSSR count). The molecule has 0 bridgehead atoms. The van der Waals surface area contributed by atoms with Gasteiger partial charge in [-0.25, -0.2) is 0 Å². The van der Waals surface area contributed by atoms with Crippen LogP contribution < -0.4 is 4.90 Å². The molecule has 3 aliphatic carbocycles. The lowest BCUT2D eigenvalue weighted by Gasteiger charge is -2.32. The molecule has 11 aromatic rings. The van der Waals surface area contributed by atoms with Gasteiger partial charge in [-0.15, -0.1) is 0 Å². The van der Waals surface area contributed by atoms with E-state index >= 15 is 0 Å². The third kappa shape index (κ3) is 4.42. The Morgan fingerprint density at radius 2 is 0.790 bits per heavy atom. The number of nitrogens with zero attached hydrogens (tertiary/aromatic N) is 1. The van der Waals surface area contributed by atoms with Crippen LogP contribution in [-0.4, -0.2) is 0 Å². The molecule has 0 saturated carbocycles. The highest BCUT2D eigenvalue weighted by Gasteiger charge is 2.51. The van der Waals surface area contributed by atoms with E-state index in [0.717, 1.165) is 17.1 Å². The minimum Gasteiger partial charge on any atom is -0.310 e. The predicted molar refractivity (Wildman–Crippen MR) is 260 cm³/mol. The normalized spacial score (nSPS) is 13.3. The quantitative estimate of drug-likeness (QED) is 0.161. The van der Waals surface area contributed by atoms with Gasteiger partial charge in [0.1, 0.15) is 0 Å². The van der Waals surface area contributed by atoms with Crippen LogP contribution in [0.3, 0.4) is 0 Å². The first kappa shape index (κ1) is 33.8. The lowest BCUT2D eigenvalue weighted by molar-refractivity contribution is 0.793. The van der Waals surface area contributed by atoms with Crippen molar-refractivity contribution < 1.29 is 0 Å². The summed E-state index contributed by atoms with van der Waals surface area (Å²) in [6.07, 6.45) is 0. The van der Waals surface area contributed by atoms with Crippen molar-refractivity contribution in [3.05, 3.63) is 247 Å². The second-order valence-corrected chi connectivity index (χ2v) is 17.1. The second kappa shape index (κ2) is 12.5. The summed E-state index contributed by atoms with van der Waals surface area (Å²) in [5.41, 5.74) is 21.2. The highest BCUT2D eigenvalue weighted by molar-refractivity contribution is 6.19. The average molecular weight is 784 g/mol. The van der Waals surface area contributed by atoms with Gasteiger partial charge in [0.2, 0.25) is 0 Å². The Morgan fingerprint density at radius 3 is 1.53 bits per heavy atom. The number of fused-ring (bicyclic) bond motifs is 16. The molecule has 11 aromatic carbocycles. The topological polar surface area (TPSA) is 3.24 Å². The van der Waals surface area contributed by atoms with Crippen molar-refractivity contribution in [2.75, 3.05) is 4.90 Å². The first-order valence-electron chi connectivity index (χ1n) is 21.7. The lowest BCUT2D eigenvalue weighted by atomic mass is 9.70. The Kier molecular flexibility index (Phi) is 6.82. The summed E-state index contributed by atoms with van der Waals surface area (Å²) >= 11 is 0. The Labute approximate surface area is 360 Å². The number of hydrogen-bond acceptors (Lipinski definition) is 1. The van der Waals surface area contributed by atoms with Crippen LogP contribution >= 0.6 is 0 Å². The third-order valence-corrected chi connectivity index (χ3v) is 14.2. The number of anilines is 3. The zero-order valence-electron chi connectivity index (χ0n) is 33.8. The van der Waals surface area contributed by atoms with Crippen molar-refractivity contribution in [1.29, 1.82) is 0 Å². The van der Waals surface area contributed by atoms with Crippen molar-refractivity contribution in [2.45, 2.75) is 5.41 Å². The largest absolute Gasteiger partial charge is 0.310 e. The van der Waals surface area contributed by atoms with Gasteiger partial charge in [0.25, 0.3) is 0 Å². The average Bonchev–Trinajstić information content (AvgIpc) is 3.94. The summed E-state index contributed by atoms with van der Waals surface area (Å²) < 4.78 is 0. The fourth-order valence-electron chi connectivity index (χ4n) is 11.7. The van der Waals surface area contributed by atoms with Crippen molar-refractivity contribution >= 4 is 49.4 Å². The van der Waals surface area contributed by atoms with E-state index in [0.29, 0.717) is 0 Å². The minimum absolute atomic E-state index is 0.443. The molecule has 0 atom stereocenters. The highest BCUT2D eigenvalue weighted by atomic mass is 15.1. The monoisotopic (exact) mass is 783 g/mol. The maximum Gasteiger partial charge on any atom is 0.0726 e. The summed E-state index contributed by atoms with van der Waals surface area (Å²) in [5.74, 6) is 0. The maximum atomic E-state index is 2.52. The van der Waals surface area contributed by atoms with Gasteiger partial charge >= 0.3 is 0 Å². The maximum absolute atomic E-state index is 2.52. The minimum atomic E-state index is -0.443. The molecule has 0 N–H and O–H groups in total. The second-order valence-electron chi connectivity index (χ2n) is 17.1. The van der Waals surface area contributed by atoms with Crippen molar-refractivity contribution in [1.82, 2.24) is 0 Å². The molecule has 62 heavy (non-hydrogen) atoms. The number of rotatable bonds is 4. The van der Waals surface area contributed by atoms with Gasteiger partial charge in [-0.2, -0.15) is 0 Å². The lowest BCUT2D eigenvalue weighted by Crippen LogP contribution is -2.26. The van der Waals surface area contributed by atoms with E-state index in [2.05, 4.69) is 229 Å². The summed E-state index contributed by atoms with van der Waals surface area (Å²) in [6.45, 7) is 0. The van der Waals surface area contributed by atoms with E-state index in [1.165, 1.54) is 110 Å². The summed E-state index contributed by atoms with van der Waals surface area (Å²) in [7, 11) is 0. The van der Waals surface area contributed by atoms with Crippen LogP contribution in [0.5, 0.6) is 0 Å².